The molecule has 0 amide bonds. The quantitative estimate of drug-likeness (QED) is 0.362. The third-order valence-corrected chi connectivity index (χ3v) is 2.83. The van der Waals surface area contributed by atoms with Crippen molar-refractivity contribution in [2.24, 2.45) is 0 Å². The standard InChI is InChI=1S/C13H8O6/c14-5-1-7-12(18)6-3-8(15)9(16)4-11(6)19-13(7)10(17)2-5/h1-4,14-17H. The molecule has 1 aromatic heterocycles. The minimum Gasteiger partial charge on any atom is -0.508 e. The van der Waals surface area contributed by atoms with Crippen LogP contribution in [0.15, 0.2) is 33.5 Å². The van der Waals surface area contributed by atoms with E-state index in [9.17, 15) is 25.2 Å². The number of benzene rings is 2. The molecule has 0 bridgehead atoms. The molecule has 0 fully saturated rings. The van der Waals surface area contributed by atoms with Crippen LogP contribution in [0.1, 0.15) is 0 Å². The monoisotopic (exact) mass is 260 g/mol. The molecule has 0 unspecified atom stereocenters. The van der Waals surface area contributed by atoms with Crippen LogP contribution in [0.2, 0.25) is 0 Å². The van der Waals surface area contributed by atoms with Crippen LogP contribution in [0, 0.1) is 0 Å². The van der Waals surface area contributed by atoms with Gasteiger partial charge in [-0.15, -0.1) is 0 Å². The number of phenols is 4. The van der Waals surface area contributed by atoms with Crippen molar-refractivity contribution in [3.05, 3.63) is 34.5 Å². The summed E-state index contributed by atoms with van der Waals surface area (Å²) in [5.74, 6) is -1.56. The summed E-state index contributed by atoms with van der Waals surface area (Å²) < 4.78 is 5.32. The van der Waals surface area contributed by atoms with Crippen LogP contribution < -0.4 is 5.43 Å². The summed E-state index contributed by atoms with van der Waals surface area (Å²) in [7, 11) is 0. The molecular weight excluding hydrogens is 252 g/mol. The van der Waals surface area contributed by atoms with Gasteiger partial charge < -0.3 is 24.8 Å². The van der Waals surface area contributed by atoms with Gasteiger partial charge in [-0.3, -0.25) is 4.79 Å². The summed E-state index contributed by atoms with van der Waals surface area (Å²) in [5, 5.41) is 37.8. The average molecular weight is 260 g/mol. The minimum absolute atomic E-state index is 0.0184. The molecule has 0 atom stereocenters. The fourth-order valence-electron chi connectivity index (χ4n) is 1.95. The van der Waals surface area contributed by atoms with Gasteiger partial charge in [0.25, 0.3) is 0 Å². The Morgan fingerprint density at radius 3 is 2.21 bits per heavy atom. The number of fused-ring (bicyclic) bond motifs is 2. The molecule has 3 rings (SSSR count). The smallest absolute Gasteiger partial charge is 0.200 e. The Morgan fingerprint density at radius 2 is 1.47 bits per heavy atom. The number of hydrogen-bond acceptors (Lipinski definition) is 6. The maximum absolute atomic E-state index is 12.2. The zero-order chi connectivity index (χ0) is 13.7. The fourth-order valence-corrected chi connectivity index (χ4v) is 1.95. The molecule has 0 radical (unpaired) electrons. The predicted molar refractivity (Wildman–Crippen MR) is 66.6 cm³/mol. The van der Waals surface area contributed by atoms with Crippen molar-refractivity contribution in [2.45, 2.75) is 0 Å². The lowest BCUT2D eigenvalue weighted by Crippen LogP contribution is -2.02. The normalized spacial score (nSPS) is 11.2. The topological polar surface area (TPSA) is 111 Å². The highest BCUT2D eigenvalue weighted by atomic mass is 16.4. The average Bonchev–Trinajstić information content (AvgIpc) is 2.34. The van der Waals surface area contributed by atoms with E-state index in [2.05, 4.69) is 0 Å². The summed E-state index contributed by atoms with van der Waals surface area (Å²) >= 11 is 0. The fraction of sp³-hybridized carbons (Fsp3) is 0. The van der Waals surface area contributed by atoms with Crippen molar-refractivity contribution in [1.29, 1.82) is 0 Å². The number of aromatic hydroxyl groups is 4. The Hall–Kier alpha value is -2.89. The lowest BCUT2D eigenvalue weighted by molar-refractivity contribution is 0.403. The van der Waals surface area contributed by atoms with Crippen LogP contribution >= 0.6 is 0 Å². The van der Waals surface area contributed by atoms with Crippen molar-refractivity contribution in [2.75, 3.05) is 0 Å². The Kier molecular flexibility index (Phi) is 2.10. The van der Waals surface area contributed by atoms with Crippen molar-refractivity contribution in [3.63, 3.8) is 0 Å². The highest BCUT2D eigenvalue weighted by molar-refractivity contribution is 5.94. The van der Waals surface area contributed by atoms with Crippen LogP contribution in [-0.2, 0) is 0 Å². The van der Waals surface area contributed by atoms with Gasteiger partial charge >= 0.3 is 0 Å². The van der Waals surface area contributed by atoms with E-state index in [-0.39, 0.29) is 33.4 Å². The molecule has 0 saturated carbocycles. The Bertz CT molecular complexity index is 878. The first-order chi connectivity index (χ1) is 8.97. The molecule has 4 N–H and O–H groups in total. The minimum atomic E-state index is -0.530. The summed E-state index contributed by atoms with van der Waals surface area (Å²) in [4.78, 5) is 12.2. The zero-order valence-corrected chi connectivity index (χ0v) is 9.41. The summed E-state index contributed by atoms with van der Waals surface area (Å²) in [5.41, 5.74) is -0.605. The van der Waals surface area contributed by atoms with Gasteiger partial charge in [0.15, 0.2) is 22.8 Å². The van der Waals surface area contributed by atoms with Crippen molar-refractivity contribution < 1.29 is 24.8 Å². The Labute approximate surface area is 105 Å². The van der Waals surface area contributed by atoms with E-state index < -0.39 is 16.9 Å². The Balaban J connectivity index is 2.60. The third kappa shape index (κ3) is 1.54. The van der Waals surface area contributed by atoms with Crippen LogP contribution in [0.3, 0.4) is 0 Å². The second-order valence-corrected chi connectivity index (χ2v) is 4.11. The van der Waals surface area contributed by atoms with Crippen molar-refractivity contribution in [3.8, 4) is 23.0 Å². The van der Waals surface area contributed by atoms with Crippen LogP contribution in [0.4, 0.5) is 0 Å². The molecule has 0 aliphatic carbocycles. The highest BCUT2D eigenvalue weighted by Crippen LogP contribution is 2.34. The number of phenolic OH excluding ortho intramolecular Hbond substituents is 4. The van der Waals surface area contributed by atoms with Crippen molar-refractivity contribution >= 4 is 21.9 Å². The first-order valence-electron chi connectivity index (χ1n) is 5.32. The second kappa shape index (κ2) is 3.55. The summed E-state index contributed by atoms with van der Waals surface area (Å²) in [6.07, 6.45) is 0. The summed E-state index contributed by atoms with van der Waals surface area (Å²) in [6.45, 7) is 0. The lowest BCUT2D eigenvalue weighted by Gasteiger charge is -2.05. The first kappa shape index (κ1) is 11.2. The molecule has 2 aromatic carbocycles. The number of hydrogen-bond donors (Lipinski definition) is 4. The molecule has 6 nitrogen and oxygen atoms in total. The molecule has 0 aliphatic rings. The molecule has 1 heterocycles. The Morgan fingerprint density at radius 1 is 0.789 bits per heavy atom. The van der Waals surface area contributed by atoms with Gasteiger partial charge in [-0.2, -0.15) is 0 Å². The van der Waals surface area contributed by atoms with Gasteiger partial charge in [0.2, 0.25) is 5.43 Å². The van der Waals surface area contributed by atoms with Crippen LogP contribution in [0.25, 0.3) is 21.9 Å². The second-order valence-electron chi connectivity index (χ2n) is 4.11. The van der Waals surface area contributed by atoms with Gasteiger partial charge in [0.05, 0.1) is 10.8 Å². The van der Waals surface area contributed by atoms with Crippen molar-refractivity contribution in [1.82, 2.24) is 0 Å². The first-order valence-corrected chi connectivity index (χ1v) is 5.32. The van der Waals surface area contributed by atoms with E-state index in [1.165, 1.54) is 0 Å². The molecule has 6 heteroatoms. The SMILES string of the molecule is O=c1c2cc(O)c(O)cc2oc2c(O)cc(O)cc12. The maximum Gasteiger partial charge on any atom is 0.200 e. The predicted octanol–water partition coefficient (Wildman–Crippen LogP) is 1.77. The highest BCUT2D eigenvalue weighted by Gasteiger charge is 2.14. The lowest BCUT2D eigenvalue weighted by atomic mass is 10.1. The van der Waals surface area contributed by atoms with E-state index in [0.717, 1.165) is 24.3 Å². The van der Waals surface area contributed by atoms with Crippen LogP contribution in [0.5, 0.6) is 23.0 Å². The van der Waals surface area contributed by atoms with Crippen LogP contribution in [-0.4, -0.2) is 20.4 Å². The van der Waals surface area contributed by atoms with Gasteiger partial charge in [-0.1, -0.05) is 0 Å². The molecule has 19 heavy (non-hydrogen) atoms. The van der Waals surface area contributed by atoms with Gasteiger partial charge in [-0.25, -0.2) is 0 Å². The molecule has 3 aromatic rings. The summed E-state index contributed by atoms with van der Waals surface area (Å²) in [6, 6.07) is 4.34. The third-order valence-electron chi connectivity index (χ3n) is 2.83. The van der Waals surface area contributed by atoms with E-state index >= 15 is 0 Å². The largest absolute Gasteiger partial charge is 0.508 e. The maximum atomic E-state index is 12.2. The molecule has 0 saturated heterocycles. The molecule has 0 aliphatic heterocycles. The van der Waals surface area contributed by atoms with E-state index in [0.29, 0.717) is 0 Å². The molecular formula is C13H8O6. The van der Waals surface area contributed by atoms with Gasteiger partial charge in [-0.05, 0) is 12.1 Å². The van der Waals surface area contributed by atoms with Gasteiger partial charge in [0.1, 0.15) is 11.3 Å². The number of rotatable bonds is 0. The van der Waals surface area contributed by atoms with E-state index in [4.69, 9.17) is 4.42 Å². The van der Waals surface area contributed by atoms with Gasteiger partial charge in [0, 0.05) is 12.1 Å². The molecule has 0 spiro atoms. The van der Waals surface area contributed by atoms with E-state index in [1.54, 1.807) is 0 Å². The molecule has 96 valence electrons. The zero-order valence-electron chi connectivity index (χ0n) is 9.41. The van der Waals surface area contributed by atoms with E-state index in [1.807, 2.05) is 0 Å².